The lowest BCUT2D eigenvalue weighted by atomic mass is 10.3. The topological polar surface area (TPSA) is 51.2 Å². The van der Waals surface area contributed by atoms with Gasteiger partial charge in [-0.15, -0.1) is 0 Å². The van der Waals surface area contributed by atoms with E-state index in [1.165, 1.54) is 6.92 Å². The molecule has 0 aliphatic rings. The van der Waals surface area contributed by atoms with Gasteiger partial charge in [-0.25, -0.2) is 13.6 Å². The smallest absolute Gasteiger partial charge is 0.328 e. The highest BCUT2D eigenvalue weighted by Gasteiger charge is 2.18. The van der Waals surface area contributed by atoms with Crippen molar-refractivity contribution in [2.45, 2.75) is 19.9 Å². The van der Waals surface area contributed by atoms with Crippen LogP contribution in [0.5, 0.6) is 0 Å². The van der Waals surface area contributed by atoms with Crippen LogP contribution in [0.15, 0.2) is 6.07 Å². The van der Waals surface area contributed by atoms with Crippen LogP contribution < -0.4 is 5.32 Å². The van der Waals surface area contributed by atoms with Crippen molar-refractivity contribution >= 4 is 11.8 Å². The summed E-state index contributed by atoms with van der Waals surface area (Å²) in [5.41, 5.74) is 0. The van der Waals surface area contributed by atoms with Crippen molar-refractivity contribution in [2.75, 3.05) is 11.9 Å². The zero-order valence-corrected chi connectivity index (χ0v) is 9.26. The van der Waals surface area contributed by atoms with E-state index < -0.39 is 35.4 Å². The Hall–Kier alpha value is -1.79. The number of nitrogens with one attached hydrogen (secondary N) is 1. The first kappa shape index (κ1) is 13.3. The first-order valence-electron chi connectivity index (χ1n) is 4.90. The number of hydrogen-bond acceptors (Lipinski definition) is 4. The summed E-state index contributed by atoms with van der Waals surface area (Å²) < 4.78 is 43.1. The van der Waals surface area contributed by atoms with Gasteiger partial charge in [0.25, 0.3) is 5.95 Å². The number of nitrogens with zero attached hydrogens (tertiary/aromatic N) is 1. The van der Waals surface area contributed by atoms with Gasteiger partial charge in [-0.2, -0.15) is 9.37 Å². The van der Waals surface area contributed by atoms with E-state index in [4.69, 9.17) is 0 Å². The zero-order chi connectivity index (χ0) is 13.0. The predicted octanol–water partition coefficient (Wildman–Crippen LogP) is 1.86. The van der Waals surface area contributed by atoms with Gasteiger partial charge < -0.3 is 10.1 Å². The highest BCUT2D eigenvalue weighted by Crippen LogP contribution is 2.15. The largest absolute Gasteiger partial charge is 0.464 e. The second-order valence-corrected chi connectivity index (χ2v) is 3.21. The van der Waals surface area contributed by atoms with Crippen LogP contribution in [0.25, 0.3) is 0 Å². The standard InChI is InChI=1S/C10H11F3N2O2/c1-3-17-10(16)5(2)14-9-7(12)4-6(11)8(13)15-9/h4-5H,3H2,1-2H3,(H,14,15). The minimum atomic E-state index is -1.44. The molecule has 1 unspecified atom stereocenters. The average molecular weight is 248 g/mol. The summed E-state index contributed by atoms with van der Waals surface area (Å²) in [6.07, 6.45) is 0. The number of hydrogen-bond donors (Lipinski definition) is 1. The molecule has 0 aliphatic carbocycles. The molecule has 0 amide bonds. The summed E-state index contributed by atoms with van der Waals surface area (Å²) in [6.45, 7) is 3.17. The highest BCUT2D eigenvalue weighted by atomic mass is 19.2. The second kappa shape index (κ2) is 5.51. The van der Waals surface area contributed by atoms with E-state index in [0.29, 0.717) is 6.07 Å². The number of halogens is 3. The zero-order valence-electron chi connectivity index (χ0n) is 9.26. The normalized spacial score (nSPS) is 12.1. The molecular weight excluding hydrogens is 237 g/mol. The van der Waals surface area contributed by atoms with Crippen molar-refractivity contribution in [3.05, 3.63) is 23.6 Å². The maximum absolute atomic E-state index is 13.2. The van der Waals surface area contributed by atoms with E-state index in [-0.39, 0.29) is 6.61 Å². The van der Waals surface area contributed by atoms with Crippen molar-refractivity contribution in [1.29, 1.82) is 0 Å². The van der Waals surface area contributed by atoms with Crippen LogP contribution in [0, 0.1) is 17.6 Å². The van der Waals surface area contributed by atoms with Gasteiger partial charge in [0.15, 0.2) is 17.5 Å². The van der Waals surface area contributed by atoms with E-state index in [0.717, 1.165) is 0 Å². The molecule has 4 nitrogen and oxygen atoms in total. The Bertz CT molecular complexity index is 426. The Morgan fingerprint density at radius 1 is 1.47 bits per heavy atom. The molecule has 1 aromatic heterocycles. The van der Waals surface area contributed by atoms with Crippen LogP contribution in [0.3, 0.4) is 0 Å². The third kappa shape index (κ3) is 3.33. The summed E-state index contributed by atoms with van der Waals surface area (Å²) >= 11 is 0. The number of pyridine rings is 1. The molecule has 0 bridgehead atoms. The molecule has 1 aromatic rings. The quantitative estimate of drug-likeness (QED) is 0.652. The number of rotatable bonds is 4. The molecule has 0 fully saturated rings. The first-order chi connectivity index (χ1) is 7.95. The molecule has 0 radical (unpaired) electrons. The molecule has 17 heavy (non-hydrogen) atoms. The van der Waals surface area contributed by atoms with Gasteiger partial charge in [0.2, 0.25) is 0 Å². The molecule has 0 saturated heterocycles. The van der Waals surface area contributed by atoms with Gasteiger partial charge in [0, 0.05) is 6.07 Å². The van der Waals surface area contributed by atoms with Crippen LogP contribution in [0.2, 0.25) is 0 Å². The Balaban J connectivity index is 2.81. The van der Waals surface area contributed by atoms with Crippen molar-refractivity contribution in [2.24, 2.45) is 0 Å². The third-order valence-corrected chi connectivity index (χ3v) is 1.88. The fourth-order valence-electron chi connectivity index (χ4n) is 1.08. The summed E-state index contributed by atoms with van der Waals surface area (Å²) in [7, 11) is 0. The molecule has 1 rings (SSSR count). The van der Waals surface area contributed by atoms with Crippen molar-refractivity contribution in [3.63, 3.8) is 0 Å². The molecule has 1 atom stereocenters. The Morgan fingerprint density at radius 2 is 2.12 bits per heavy atom. The fraction of sp³-hybridized carbons (Fsp3) is 0.400. The maximum atomic E-state index is 13.2. The lowest BCUT2D eigenvalue weighted by Gasteiger charge is -2.13. The average Bonchev–Trinajstić information content (AvgIpc) is 2.26. The van der Waals surface area contributed by atoms with Crippen LogP contribution >= 0.6 is 0 Å². The van der Waals surface area contributed by atoms with Crippen molar-refractivity contribution in [1.82, 2.24) is 4.98 Å². The van der Waals surface area contributed by atoms with Crippen LogP contribution in [-0.2, 0) is 9.53 Å². The van der Waals surface area contributed by atoms with Gasteiger partial charge >= 0.3 is 5.97 Å². The van der Waals surface area contributed by atoms with Gasteiger partial charge in [0.1, 0.15) is 6.04 Å². The van der Waals surface area contributed by atoms with E-state index in [1.54, 1.807) is 6.92 Å². The molecular formula is C10H11F3N2O2. The number of esters is 1. The fourth-order valence-corrected chi connectivity index (χ4v) is 1.08. The monoisotopic (exact) mass is 248 g/mol. The van der Waals surface area contributed by atoms with Gasteiger partial charge in [-0.1, -0.05) is 0 Å². The number of aromatic nitrogens is 1. The molecule has 94 valence electrons. The Labute approximate surface area is 95.8 Å². The lowest BCUT2D eigenvalue weighted by Crippen LogP contribution is -2.29. The second-order valence-electron chi connectivity index (χ2n) is 3.21. The molecule has 0 saturated carbocycles. The van der Waals surface area contributed by atoms with E-state index in [2.05, 4.69) is 15.0 Å². The number of anilines is 1. The minimum absolute atomic E-state index is 0.165. The van der Waals surface area contributed by atoms with E-state index in [9.17, 15) is 18.0 Å². The van der Waals surface area contributed by atoms with Gasteiger partial charge in [-0.05, 0) is 13.8 Å². The third-order valence-electron chi connectivity index (χ3n) is 1.88. The number of ether oxygens (including phenoxy) is 1. The van der Waals surface area contributed by atoms with Crippen LogP contribution in [0.4, 0.5) is 19.0 Å². The summed E-state index contributed by atoms with van der Waals surface area (Å²) in [5.74, 6) is -5.09. The predicted molar refractivity (Wildman–Crippen MR) is 53.8 cm³/mol. The number of carbonyl (C=O) groups is 1. The first-order valence-corrected chi connectivity index (χ1v) is 4.90. The lowest BCUT2D eigenvalue weighted by molar-refractivity contribution is -0.143. The van der Waals surface area contributed by atoms with Crippen LogP contribution in [-0.4, -0.2) is 23.6 Å². The molecule has 0 aliphatic heterocycles. The number of carbonyl (C=O) groups excluding carboxylic acids is 1. The van der Waals surface area contributed by atoms with Crippen molar-refractivity contribution < 1.29 is 22.7 Å². The van der Waals surface area contributed by atoms with E-state index in [1.807, 2.05) is 0 Å². The maximum Gasteiger partial charge on any atom is 0.328 e. The molecule has 0 aromatic carbocycles. The summed E-state index contributed by atoms with van der Waals surface area (Å²) in [4.78, 5) is 14.2. The minimum Gasteiger partial charge on any atom is -0.464 e. The highest BCUT2D eigenvalue weighted by molar-refractivity contribution is 5.78. The van der Waals surface area contributed by atoms with Crippen LogP contribution in [0.1, 0.15) is 13.8 Å². The summed E-state index contributed by atoms with van der Waals surface area (Å²) in [6, 6.07) is -0.565. The Kier molecular flexibility index (Phi) is 4.30. The SMILES string of the molecule is CCOC(=O)C(C)Nc1nc(F)c(F)cc1F. The molecule has 7 heteroatoms. The van der Waals surface area contributed by atoms with E-state index >= 15 is 0 Å². The Morgan fingerprint density at radius 3 is 2.71 bits per heavy atom. The van der Waals surface area contributed by atoms with Gasteiger partial charge in [0.05, 0.1) is 6.61 Å². The molecule has 0 spiro atoms. The van der Waals surface area contributed by atoms with Crippen molar-refractivity contribution in [3.8, 4) is 0 Å². The molecule has 1 N–H and O–H groups in total. The summed E-state index contributed by atoms with van der Waals surface area (Å²) in [5, 5.41) is 2.30. The van der Waals surface area contributed by atoms with Gasteiger partial charge in [-0.3, -0.25) is 0 Å². The molecule has 1 heterocycles.